The zero-order valence-corrected chi connectivity index (χ0v) is 10.6. The fourth-order valence-electron chi connectivity index (χ4n) is 2.31. The molecular weight excluding hydrogens is 284 g/mol. The molecule has 0 amide bonds. The van der Waals surface area contributed by atoms with Crippen molar-refractivity contribution in [2.75, 3.05) is 6.61 Å². The number of H-pyrrole nitrogens is 1. The lowest BCUT2D eigenvalue weighted by Crippen LogP contribution is -2.39. The summed E-state index contributed by atoms with van der Waals surface area (Å²) in [7, 11) is 0. The van der Waals surface area contributed by atoms with Crippen molar-refractivity contribution in [2.24, 2.45) is 0 Å². The Morgan fingerprint density at radius 1 is 1.24 bits per heavy atom. The second kappa shape index (κ2) is 5.00. The molecular formula is C11H12N4O6. The lowest BCUT2D eigenvalue weighted by molar-refractivity contribution is -0.0530. The molecule has 0 saturated carbocycles. The molecule has 0 aliphatic carbocycles. The third kappa shape index (κ3) is 2.05. The van der Waals surface area contributed by atoms with Crippen molar-refractivity contribution >= 4 is 11.2 Å². The van der Waals surface area contributed by atoms with E-state index in [0.29, 0.717) is 0 Å². The van der Waals surface area contributed by atoms with Crippen LogP contribution in [0.15, 0.2) is 22.0 Å². The maximum absolute atomic E-state index is 12.0. The zero-order valence-electron chi connectivity index (χ0n) is 10.6. The number of ether oxygens (including phenoxy) is 1. The average Bonchev–Trinajstić information content (AvgIpc) is 2.75. The lowest BCUT2D eigenvalue weighted by atomic mass is 10.1. The molecule has 3 rings (SSSR count). The first-order chi connectivity index (χ1) is 10.0. The summed E-state index contributed by atoms with van der Waals surface area (Å²) in [5.74, 6) is 0. The Morgan fingerprint density at radius 3 is 2.62 bits per heavy atom. The molecule has 0 spiro atoms. The molecule has 2 aromatic rings. The third-order valence-corrected chi connectivity index (χ3v) is 3.33. The van der Waals surface area contributed by atoms with Gasteiger partial charge in [-0.05, 0) is 0 Å². The van der Waals surface area contributed by atoms with Crippen molar-refractivity contribution in [2.45, 2.75) is 24.5 Å². The van der Waals surface area contributed by atoms with E-state index in [9.17, 15) is 19.8 Å². The van der Waals surface area contributed by atoms with Crippen LogP contribution in [0.1, 0.15) is 6.23 Å². The highest BCUT2D eigenvalue weighted by molar-refractivity contribution is 5.67. The maximum atomic E-state index is 12.0. The van der Waals surface area contributed by atoms with E-state index in [1.807, 2.05) is 4.98 Å². The molecule has 10 heteroatoms. The predicted octanol–water partition coefficient (Wildman–Crippen LogP) is -2.91. The topological polar surface area (TPSA) is 151 Å². The monoisotopic (exact) mass is 296 g/mol. The van der Waals surface area contributed by atoms with E-state index in [2.05, 4.69) is 9.97 Å². The van der Waals surface area contributed by atoms with Crippen LogP contribution in [0.25, 0.3) is 11.2 Å². The molecule has 10 nitrogen and oxygen atoms in total. The molecule has 112 valence electrons. The number of nitrogens with zero attached hydrogens (tertiary/aromatic N) is 3. The summed E-state index contributed by atoms with van der Waals surface area (Å²) in [6.07, 6.45) is -2.61. The Labute approximate surface area is 116 Å². The second-order valence-electron chi connectivity index (χ2n) is 4.59. The van der Waals surface area contributed by atoms with Crippen LogP contribution in [0.4, 0.5) is 0 Å². The molecule has 0 aromatic carbocycles. The Hall–Kier alpha value is -2.14. The number of rotatable bonds is 2. The molecule has 1 aliphatic heterocycles. The van der Waals surface area contributed by atoms with Crippen molar-refractivity contribution < 1.29 is 20.1 Å². The van der Waals surface area contributed by atoms with Crippen LogP contribution >= 0.6 is 0 Å². The summed E-state index contributed by atoms with van der Waals surface area (Å²) >= 11 is 0. The van der Waals surface area contributed by atoms with E-state index in [1.54, 1.807) is 0 Å². The SMILES string of the molecule is O=c1[nH]c(=O)n(C2O[C@H](CO)[C@@H](O)[C@H]2O)c2nccnc12. The van der Waals surface area contributed by atoms with E-state index in [-0.39, 0.29) is 11.2 Å². The lowest BCUT2D eigenvalue weighted by Gasteiger charge is -2.18. The van der Waals surface area contributed by atoms with Gasteiger partial charge in [-0.25, -0.2) is 19.3 Å². The number of aliphatic hydroxyl groups excluding tert-OH is 3. The third-order valence-electron chi connectivity index (χ3n) is 3.33. The van der Waals surface area contributed by atoms with Crippen molar-refractivity contribution in [1.29, 1.82) is 0 Å². The Balaban J connectivity index is 2.22. The second-order valence-corrected chi connectivity index (χ2v) is 4.59. The van der Waals surface area contributed by atoms with Gasteiger partial charge in [0.25, 0.3) is 5.56 Å². The minimum atomic E-state index is -1.46. The van der Waals surface area contributed by atoms with Gasteiger partial charge in [0.15, 0.2) is 17.4 Å². The van der Waals surface area contributed by atoms with Gasteiger partial charge in [-0.3, -0.25) is 9.78 Å². The first kappa shape index (κ1) is 13.8. The summed E-state index contributed by atoms with van der Waals surface area (Å²) in [5.41, 5.74) is -1.76. The molecule has 0 radical (unpaired) electrons. The Kier molecular flexibility index (Phi) is 3.29. The van der Waals surface area contributed by atoms with Crippen LogP contribution in [0.5, 0.6) is 0 Å². The van der Waals surface area contributed by atoms with E-state index in [4.69, 9.17) is 9.84 Å². The Morgan fingerprint density at radius 2 is 1.95 bits per heavy atom. The standard InChI is InChI=1S/C11H12N4O6/c16-3-4-6(17)7(18)10(21-4)15-8-5(12-1-2-13-8)9(19)14-11(15)20/h1-2,4,6-7,10,16-18H,3H2,(H,14,19,20)/t4-,6-,7-,10?/m1/s1. The fraction of sp³-hybridized carbons (Fsp3) is 0.455. The number of nitrogens with one attached hydrogen (secondary N) is 1. The fourth-order valence-corrected chi connectivity index (χ4v) is 2.31. The van der Waals surface area contributed by atoms with Gasteiger partial charge in [-0.15, -0.1) is 0 Å². The highest BCUT2D eigenvalue weighted by Gasteiger charge is 2.44. The molecule has 1 saturated heterocycles. The van der Waals surface area contributed by atoms with Gasteiger partial charge in [-0.2, -0.15) is 0 Å². The van der Waals surface area contributed by atoms with Gasteiger partial charge in [0.2, 0.25) is 0 Å². The molecule has 21 heavy (non-hydrogen) atoms. The van der Waals surface area contributed by atoms with E-state index < -0.39 is 42.4 Å². The molecule has 2 aromatic heterocycles. The number of hydrogen-bond donors (Lipinski definition) is 4. The van der Waals surface area contributed by atoms with Crippen LogP contribution in [-0.2, 0) is 4.74 Å². The van der Waals surface area contributed by atoms with Crippen LogP contribution in [-0.4, -0.2) is 59.8 Å². The summed E-state index contributed by atoms with van der Waals surface area (Å²) < 4.78 is 6.17. The highest BCUT2D eigenvalue weighted by Crippen LogP contribution is 2.29. The minimum Gasteiger partial charge on any atom is -0.394 e. The van der Waals surface area contributed by atoms with Crippen LogP contribution < -0.4 is 11.2 Å². The van der Waals surface area contributed by atoms with E-state index in [0.717, 1.165) is 4.57 Å². The summed E-state index contributed by atoms with van der Waals surface area (Å²) in [6, 6.07) is 0. The van der Waals surface area contributed by atoms with Gasteiger partial charge in [0.1, 0.15) is 18.3 Å². The molecule has 4 atom stereocenters. The predicted molar refractivity (Wildman–Crippen MR) is 67.4 cm³/mol. The number of hydrogen-bond acceptors (Lipinski definition) is 8. The molecule has 1 aliphatic rings. The first-order valence-corrected chi connectivity index (χ1v) is 6.12. The highest BCUT2D eigenvalue weighted by atomic mass is 16.6. The van der Waals surface area contributed by atoms with Crippen LogP contribution in [0.3, 0.4) is 0 Å². The Bertz CT molecular complexity index is 786. The van der Waals surface area contributed by atoms with Crippen molar-refractivity contribution in [3.05, 3.63) is 33.2 Å². The first-order valence-electron chi connectivity index (χ1n) is 6.12. The number of aromatic amines is 1. The van der Waals surface area contributed by atoms with Gasteiger partial charge in [-0.1, -0.05) is 0 Å². The summed E-state index contributed by atoms with van der Waals surface area (Å²) in [4.78, 5) is 33.4. The molecule has 1 unspecified atom stereocenters. The number of aromatic nitrogens is 4. The van der Waals surface area contributed by atoms with Gasteiger partial charge < -0.3 is 20.1 Å². The minimum absolute atomic E-state index is 0.0823. The summed E-state index contributed by atoms with van der Waals surface area (Å²) in [5, 5.41) is 28.8. The molecule has 4 N–H and O–H groups in total. The summed E-state index contributed by atoms with van der Waals surface area (Å²) in [6.45, 7) is -0.531. The number of fused-ring (bicyclic) bond motifs is 1. The van der Waals surface area contributed by atoms with Crippen molar-refractivity contribution in [3.8, 4) is 0 Å². The zero-order chi connectivity index (χ0) is 15.1. The van der Waals surface area contributed by atoms with Crippen molar-refractivity contribution in [3.63, 3.8) is 0 Å². The van der Waals surface area contributed by atoms with Gasteiger partial charge in [0.05, 0.1) is 6.61 Å². The maximum Gasteiger partial charge on any atom is 0.332 e. The molecule has 0 bridgehead atoms. The molecule has 1 fully saturated rings. The van der Waals surface area contributed by atoms with E-state index in [1.165, 1.54) is 12.4 Å². The van der Waals surface area contributed by atoms with E-state index >= 15 is 0 Å². The number of aliphatic hydroxyl groups is 3. The largest absolute Gasteiger partial charge is 0.394 e. The van der Waals surface area contributed by atoms with Gasteiger partial charge >= 0.3 is 5.69 Å². The van der Waals surface area contributed by atoms with Crippen LogP contribution in [0, 0.1) is 0 Å². The van der Waals surface area contributed by atoms with Crippen molar-refractivity contribution in [1.82, 2.24) is 19.5 Å². The van der Waals surface area contributed by atoms with Gasteiger partial charge in [0, 0.05) is 12.4 Å². The quantitative estimate of drug-likeness (QED) is 0.460. The smallest absolute Gasteiger partial charge is 0.332 e. The molecule has 3 heterocycles. The van der Waals surface area contributed by atoms with Crippen LogP contribution in [0.2, 0.25) is 0 Å². The normalized spacial score (nSPS) is 29.1. The average molecular weight is 296 g/mol.